The predicted octanol–water partition coefficient (Wildman–Crippen LogP) is 3.41. The highest BCUT2D eigenvalue weighted by atomic mass is 16.6. The molecule has 1 aliphatic heterocycles. The number of amides is 1. The summed E-state index contributed by atoms with van der Waals surface area (Å²) in [6.45, 7) is 4.92. The van der Waals surface area contributed by atoms with Gasteiger partial charge in [-0.05, 0) is 55.5 Å². The van der Waals surface area contributed by atoms with Gasteiger partial charge in [-0.1, -0.05) is 0 Å². The number of piperazine rings is 1. The fourth-order valence-electron chi connectivity index (χ4n) is 3.58. The van der Waals surface area contributed by atoms with Gasteiger partial charge in [0.2, 0.25) is 0 Å². The van der Waals surface area contributed by atoms with E-state index in [2.05, 4.69) is 15.1 Å². The van der Waals surface area contributed by atoms with E-state index in [1.54, 1.807) is 4.90 Å². The summed E-state index contributed by atoms with van der Waals surface area (Å²) >= 11 is 0. The highest BCUT2D eigenvalue weighted by molar-refractivity contribution is 5.94. The molecule has 0 spiro atoms. The highest BCUT2D eigenvalue weighted by Gasteiger charge is 2.23. The van der Waals surface area contributed by atoms with Gasteiger partial charge in [0, 0.05) is 49.4 Å². The Kier molecular flexibility index (Phi) is 6.25. The number of aromatic nitrogens is 2. The Morgan fingerprint density at radius 1 is 0.969 bits per heavy atom. The summed E-state index contributed by atoms with van der Waals surface area (Å²) in [6.07, 6.45) is 0. The van der Waals surface area contributed by atoms with Gasteiger partial charge in [0.05, 0.1) is 17.2 Å². The summed E-state index contributed by atoms with van der Waals surface area (Å²) in [5.74, 6) is 1.46. The minimum Gasteiger partial charge on any atom is -0.494 e. The Morgan fingerprint density at radius 2 is 1.66 bits per heavy atom. The van der Waals surface area contributed by atoms with Gasteiger partial charge in [-0.15, -0.1) is 10.2 Å². The van der Waals surface area contributed by atoms with Crippen LogP contribution in [-0.2, 0) is 0 Å². The van der Waals surface area contributed by atoms with Gasteiger partial charge in [-0.3, -0.25) is 14.9 Å². The van der Waals surface area contributed by atoms with Crippen LogP contribution in [0.4, 0.5) is 11.5 Å². The summed E-state index contributed by atoms with van der Waals surface area (Å²) in [5, 5.41) is 19.5. The first kappa shape index (κ1) is 21.2. The molecular weight excluding hydrogens is 410 g/mol. The highest BCUT2D eigenvalue weighted by Crippen LogP contribution is 2.22. The monoisotopic (exact) mass is 433 g/mol. The molecule has 0 bridgehead atoms. The smallest absolute Gasteiger partial charge is 0.269 e. The molecule has 0 unspecified atom stereocenters. The summed E-state index contributed by atoms with van der Waals surface area (Å²) in [5.41, 5.74) is 2.16. The number of rotatable bonds is 6. The number of non-ortho nitro benzene ring substituents is 1. The van der Waals surface area contributed by atoms with Gasteiger partial charge >= 0.3 is 0 Å². The van der Waals surface area contributed by atoms with E-state index in [9.17, 15) is 14.9 Å². The first-order valence-corrected chi connectivity index (χ1v) is 10.4. The van der Waals surface area contributed by atoms with Gasteiger partial charge in [0.15, 0.2) is 5.82 Å². The minimum absolute atomic E-state index is 0.0290. The Morgan fingerprint density at radius 3 is 2.22 bits per heavy atom. The zero-order valence-corrected chi connectivity index (χ0v) is 17.7. The zero-order chi connectivity index (χ0) is 22.5. The van der Waals surface area contributed by atoms with E-state index < -0.39 is 4.92 Å². The third kappa shape index (κ3) is 4.66. The predicted molar refractivity (Wildman–Crippen MR) is 120 cm³/mol. The SMILES string of the molecule is CCOc1ccc(-c2ccc(N3CCN(C(=O)c4ccc([N+](=O)[O-])cc4)CC3)nn2)cc1. The number of nitro groups is 1. The number of nitro benzene ring substituents is 1. The topological polar surface area (TPSA) is 102 Å². The molecule has 0 saturated carbocycles. The molecule has 2 aromatic carbocycles. The van der Waals surface area contributed by atoms with Gasteiger partial charge in [-0.2, -0.15) is 0 Å². The van der Waals surface area contributed by atoms with Gasteiger partial charge in [0.25, 0.3) is 11.6 Å². The zero-order valence-electron chi connectivity index (χ0n) is 17.7. The summed E-state index contributed by atoms with van der Waals surface area (Å²) in [7, 11) is 0. The number of carbonyl (C=O) groups is 1. The van der Waals surface area contributed by atoms with Crippen LogP contribution in [0.2, 0.25) is 0 Å². The molecule has 1 amide bonds. The molecule has 0 aliphatic carbocycles. The molecule has 9 nitrogen and oxygen atoms in total. The molecule has 0 atom stereocenters. The third-order valence-corrected chi connectivity index (χ3v) is 5.33. The maximum atomic E-state index is 12.7. The molecule has 9 heteroatoms. The second-order valence-electron chi connectivity index (χ2n) is 7.32. The van der Waals surface area contributed by atoms with Gasteiger partial charge < -0.3 is 14.5 Å². The van der Waals surface area contributed by atoms with Crippen LogP contribution in [0.15, 0.2) is 60.7 Å². The summed E-state index contributed by atoms with van der Waals surface area (Å²) < 4.78 is 5.47. The van der Waals surface area contributed by atoms with Crippen LogP contribution < -0.4 is 9.64 Å². The maximum absolute atomic E-state index is 12.7. The van der Waals surface area contributed by atoms with Crippen LogP contribution in [0.25, 0.3) is 11.3 Å². The molecule has 1 aliphatic rings. The first-order chi connectivity index (χ1) is 15.5. The largest absolute Gasteiger partial charge is 0.494 e. The number of hydrogen-bond donors (Lipinski definition) is 0. The van der Waals surface area contributed by atoms with Crippen LogP contribution in [0.3, 0.4) is 0 Å². The third-order valence-electron chi connectivity index (χ3n) is 5.33. The molecule has 1 fully saturated rings. The Hall–Kier alpha value is -4.01. The minimum atomic E-state index is -0.477. The molecule has 32 heavy (non-hydrogen) atoms. The summed E-state index contributed by atoms with van der Waals surface area (Å²) in [4.78, 5) is 26.8. The lowest BCUT2D eigenvalue weighted by Gasteiger charge is -2.35. The number of ether oxygens (including phenoxy) is 1. The van der Waals surface area contributed by atoms with E-state index in [0.717, 1.165) is 22.8 Å². The van der Waals surface area contributed by atoms with E-state index in [-0.39, 0.29) is 11.6 Å². The average molecular weight is 433 g/mol. The van der Waals surface area contributed by atoms with Crippen LogP contribution in [-0.4, -0.2) is 58.7 Å². The van der Waals surface area contributed by atoms with Crippen molar-refractivity contribution in [3.63, 3.8) is 0 Å². The molecular formula is C23H23N5O4. The second kappa shape index (κ2) is 9.42. The van der Waals surface area contributed by atoms with Gasteiger partial charge in [0.1, 0.15) is 5.75 Å². The Labute approximate surface area is 185 Å². The van der Waals surface area contributed by atoms with Crippen LogP contribution in [0.5, 0.6) is 5.75 Å². The average Bonchev–Trinajstić information content (AvgIpc) is 2.84. The van der Waals surface area contributed by atoms with Crippen molar-refractivity contribution in [3.05, 3.63) is 76.3 Å². The second-order valence-corrected chi connectivity index (χ2v) is 7.32. The van der Waals surface area contributed by atoms with Gasteiger partial charge in [-0.25, -0.2) is 0 Å². The fraction of sp³-hybridized carbons (Fsp3) is 0.261. The van der Waals surface area contributed by atoms with Crippen molar-refractivity contribution in [2.45, 2.75) is 6.92 Å². The van der Waals surface area contributed by atoms with Crippen LogP contribution in [0, 0.1) is 10.1 Å². The van der Waals surface area contributed by atoms with E-state index in [0.29, 0.717) is 38.3 Å². The molecule has 1 aromatic heterocycles. The van der Waals surface area contributed by atoms with Crippen molar-refractivity contribution in [2.24, 2.45) is 0 Å². The molecule has 0 N–H and O–H groups in total. The molecule has 3 aromatic rings. The standard InChI is InChI=1S/C23H23N5O4/c1-2-32-20-9-5-17(6-10-20)21-11-12-22(25-24-21)26-13-15-27(16-14-26)23(29)18-3-7-19(8-4-18)28(30)31/h3-12H,2,13-16H2,1H3. The number of carbonyl (C=O) groups excluding carboxylic acids is 1. The van der Waals surface area contributed by atoms with Crippen LogP contribution >= 0.6 is 0 Å². The molecule has 2 heterocycles. The lowest BCUT2D eigenvalue weighted by Crippen LogP contribution is -2.49. The fourth-order valence-corrected chi connectivity index (χ4v) is 3.58. The Bertz CT molecular complexity index is 1080. The number of nitrogens with zero attached hydrogens (tertiary/aromatic N) is 5. The lowest BCUT2D eigenvalue weighted by molar-refractivity contribution is -0.384. The normalized spacial score (nSPS) is 13.7. The van der Waals surface area contributed by atoms with Crippen molar-refractivity contribution in [1.29, 1.82) is 0 Å². The maximum Gasteiger partial charge on any atom is 0.269 e. The van der Waals surface area contributed by atoms with Crippen molar-refractivity contribution >= 4 is 17.4 Å². The Balaban J connectivity index is 1.35. The van der Waals surface area contributed by atoms with E-state index in [4.69, 9.17) is 4.74 Å². The van der Waals surface area contributed by atoms with Crippen molar-refractivity contribution < 1.29 is 14.5 Å². The van der Waals surface area contributed by atoms with E-state index in [1.807, 2.05) is 43.3 Å². The number of benzene rings is 2. The quantitative estimate of drug-likeness (QED) is 0.434. The van der Waals surface area contributed by atoms with Crippen LogP contribution in [0.1, 0.15) is 17.3 Å². The summed E-state index contributed by atoms with van der Waals surface area (Å²) in [6, 6.07) is 17.3. The van der Waals surface area contributed by atoms with E-state index >= 15 is 0 Å². The lowest BCUT2D eigenvalue weighted by atomic mass is 10.1. The number of hydrogen-bond acceptors (Lipinski definition) is 7. The van der Waals surface area contributed by atoms with Crippen molar-refractivity contribution in [3.8, 4) is 17.0 Å². The van der Waals surface area contributed by atoms with E-state index in [1.165, 1.54) is 24.3 Å². The molecule has 164 valence electrons. The molecule has 1 saturated heterocycles. The number of anilines is 1. The molecule has 4 rings (SSSR count). The molecule has 0 radical (unpaired) electrons. The first-order valence-electron chi connectivity index (χ1n) is 10.4. The van der Waals surface area contributed by atoms with Crippen molar-refractivity contribution in [2.75, 3.05) is 37.7 Å². The van der Waals surface area contributed by atoms with Crippen molar-refractivity contribution in [1.82, 2.24) is 15.1 Å².